The number of carbonyl (C=O) groups is 1. The fraction of sp³-hybridized carbons (Fsp3) is 0.295. The van der Waals surface area contributed by atoms with Gasteiger partial charge in [0.2, 0.25) is 23.5 Å². The molecule has 0 radical (unpaired) electrons. The third-order valence-corrected chi connectivity index (χ3v) is 14.0. The third kappa shape index (κ3) is 13.1. The molecule has 0 spiro atoms. The lowest BCUT2D eigenvalue weighted by Gasteiger charge is -2.21. The molecule has 0 amide bonds. The molecule has 8 aromatic heterocycles. The maximum absolute atomic E-state index is 13.2. The minimum atomic E-state index is -4.55. The van der Waals surface area contributed by atoms with Gasteiger partial charge in [-0.25, -0.2) is 44.7 Å². The minimum Gasteiger partial charge on any atom is -0.480 e. The van der Waals surface area contributed by atoms with Gasteiger partial charge in [0, 0.05) is 74.2 Å². The van der Waals surface area contributed by atoms with E-state index >= 15 is 0 Å². The Morgan fingerprint density at radius 3 is 1.47 bits per heavy atom. The van der Waals surface area contributed by atoms with Crippen molar-refractivity contribution in [2.24, 2.45) is 14.1 Å². The zero-order valence-corrected chi connectivity index (χ0v) is 48.0. The van der Waals surface area contributed by atoms with Gasteiger partial charge in [-0.15, -0.1) is 0 Å². The van der Waals surface area contributed by atoms with Crippen LogP contribution in [0.2, 0.25) is 0 Å². The molecule has 448 valence electrons. The van der Waals surface area contributed by atoms with E-state index in [1.165, 1.54) is 47.6 Å². The first-order chi connectivity index (χ1) is 41.6. The molecular weight excluding hydrogens is 1140 g/mol. The van der Waals surface area contributed by atoms with E-state index in [4.69, 9.17) is 33.7 Å². The SMILES string of the molecule is COc1ncnc(C2CC2)c1-c1ncc(-c2ccc[nH]2)c(OCc2ccc(-c3nc(C(F)(F)F)cn3C)cc2)n1.COc1ncnc(C2CC2)c1-c1ncc(-c2cccn2C(=O)OC(C)(C)C)c(OCc2ccc(-c3nc(C(F)(F)F)cn3C)cc2)n1. The first kappa shape index (κ1) is 58.8. The lowest BCUT2D eigenvalue weighted by Crippen LogP contribution is -2.27. The van der Waals surface area contributed by atoms with Gasteiger partial charge in [0.1, 0.15) is 54.2 Å². The summed E-state index contributed by atoms with van der Waals surface area (Å²) in [5.41, 5.74) is 5.13. The number of nitrogens with one attached hydrogen (secondary N) is 1. The van der Waals surface area contributed by atoms with E-state index in [2.05, 4.69) is 44.9 Å². The summed E-state index contributed by atoms with van der Waals surface area (Å²) in [6.07, 6.45) is 5.88. The molecule has 0 saturated heterocycles. The molecule has 2 aliphatic carbocycles. The zero-order valence-electron chi connectivity index (χ0n) is 48.0. The minimum absolute atomic E-state index is 0.0448. The standard InChI is InChI=1S/C33H32F3N7O4.C28H24F3N7O2/c1-32(2,3)47-31(44)43-14-6-7-23(43)22-15-37-27(25-26(20-12-13-20)38-18-39-30(25)45-5)41-29(22)46-17-19-8-10-21(11-9-19)28-40-24(16-42(28)4)33(34,35)36;1-38-13-21(28(29,30)31)36-25(38)18-7-5-16(6-8-18)14-40-26-19(20-4-3-11-32-20)12-33-24(37-26)22-23(17-9-10-17)34-15-35-27(22)39-2/h6-11,14-16,18,20H,12-13,17H2,1-5H3;3-8,11-13,15,17,32H,9-10,14H2,1-2H3. The van der Waals surface area contributed by atoms with Crippen molar-refractivity contribution in [3.8, 4) is 91.6 Å². The Kier molecular flexibility index (Phi) is 16.1. The molecule has 0 unspecified atom stereocenters. The molecule has 1 N–H and O–H groups in total. The van der Waals surface area contributed by atoms with Crippen molar-refractivity contribution in [3.05, 3.63) is 157 Å². The summed E-state index contributed by atoms with van der Waals surface area (Å²) in [5.74, 6) is 2.90. The second-order valence-corrected chi connectivity index (χ2v) is 21.6. The van der Waals surface area contributed by atoms with Crippen LogP contribution in [0.15, 0.2) is 123 Å². The predicted molar refractivity (Wildman–Crippen MR) is 304 cm³/mol. The number of carbonyl (C=O) groups excluding carboxylic acids is 1. The summed E-state index contributed by atoms with van der Waals surface area (Å²) in [4.78, 5) is 60.1. The fourth-order valence-electron chi connectivity index (χ4n) is 9.50. The van der Waals surface area contributed by atoms with Gasteiger partial charge in [-0.3, -0.25) is 4.57 Å². The van der Waals surface area contributed by atoms with Crippen LogP contribution < -0.4 is 18.9 Å². The number of methoxy groups -OCH3 is 2. The molecule has 87 heavy (non-hydrogen) atoms. The van der Waals surface area contributed by atoms with Crippen molar-refractivity contribution in [1.29, 1.82) is 0 Å². The van der Waals surface area contributed by atoms with Gasteiger partial charge in [0.25, 0.3) is 0 Å². The summed E-state index contributed by atoms with van der Waals surface area (Å²) in [5, 5.41) is 0. The molecule has 2 aromatic carbocycles. The number of H-pyrrole nitrogens is 1. The number of aromatic amines is 1. The molecule has 12 rings (SSSR count). The number of rotatable bonds is 16. The van der Waals surface area contributed by atoms with Crippen LogP contribution in [0.5, 0.6) is 23.5 Å². The highest BCUT2D eigenvalue weighted by molar-refractivity contribution is 5.81. The van der Waals surface area contributed by atoms with Crippen molar-refractivity contribution in [2.75, 3.05) is 14.2 Å². The van der Waals surface area contributed by atoms with Gasteiger partial charge >= 0.3 is 18.4 Å². The third-order valence-electron chi connectivity index (χ3n) is 14.0. The van der Waals surface area contributed by atoms with Crippen molar-refractivity contribution >= 4 is 6.09 Å². The van der Waals surface area contributed by atoms with Crippen molar-refractivity contribution in [3.63, 3.8) is 0 Å². The molecule has 2 fully saturated rings. The Morgan fingerprint density at radius 1 is 0.586 bits per heavy atom. The quantitative estimate of drug-likeness (QED) is 0.0888. The number of aromatic nitrogens is 14. The number of benzene rings is 2. The lowest BCUT2D eigenvalue weighted by atomic mass is 10.1. The number of hydrogen-bond acceptors (Lipinski definition) is 16. The average Bonchev–Trinajstić information content (AvgIpc) is 3.47. The number of ether oxygens (including phenoxy) is 5. The summed E-state index contributed by atoms with van der Waals surface area (Å²) in [6, 6.07) is 21.0. The fourth-order valence-corrected chi connectivity index (χ4v) is 9.50. The molecule has 10 aromatic rings. The van der Waals surface area contributed by atoms with E-state index in [0.717, 1.165) is 60.7 Å². The summed E-state index contributed by atoms with van der Waals surface area (Å²) < 4.78 is 112. The van der Waals surface area contributed by atoms with Gasteiger partial charge in [-0.1, -0.05) is 48.5 Å². The van der Waals surface area contributed by atoms with E-state index in [1.54, 1.807) is 113 Å². The van der Waals surface area contributed by atoms with E-state index in [9.17, 15) is 31.1 Å². The van der Waals surface area contributed by atoms with Crippen LogP contribution in [0, 0.1) is 0 Å². The molecular formula is C61H56F6N14O6. The summed E-state index contributed by atoms with van der Waals surface area (Å²) >= 11 is 0. The van der Waals surface area contributed by atoms with Crippen LogP contribution >= 0.6 is 0 Å². The predicted octanol–water partition coefficient (Wildman–Crippen LogP) is 12.9. The van der Waals surface area contributed by atoms with Gasteiger partial charge in [-0.2, -0.15) is 36.3 Å². The van der Waals surface area contributed by atoms with Crippen LogP contribution in [0.1, 0.15) is 92.2 Å². The first-order valence-electron chi connectivity index (χ1n) is 27.4. The summed E-state index contributed by atoms with van der Waals surface area (Å²) in [7, 11) is 6.11. The topological polar surface area (TPSA) is 223 Å². The Balaban J connectivity index is 0.000000182. The summed E-state index contributed by atoms with van der Waals surface area (Å²) in [6.45, 7) is 5.55. The number of aryl methyl sites for hydroxylation is 2. The van der Waals surface area contributed by atoms with E-state index < -0.39 is 35.4 Å². The van der Waals surface area contributed by atoms with Crippen LogP contribution in [-0.2, 0) is 44.4 Å². The molecule has 0 atom stereocenters. The average molecular weight is 1200 g/mol. The number of imidazole rings is 2. The van der Waals surface area contributed by atoms with Crippen molar-refractivity contribution < 1.29 is 54.8 Å². The van der Waals surface area contributed by atoms with Crippen LogP contribution in [-0.4, -0.2) is 94.4 Å². The van der Waals surface area contributed by atoms with Gasteiger partial charge in [0.15, 0.2) is 23.0 Å². The van der Waals surface area contributed by atoms with Crippen LogP contribution in [0.4, 0.5) is 31.1 Å². The molecule has 8 heterocycles. The Labute approximate surface area is 493 Å². The molecule has 20 nitrogen and oxygen atoms in total. The maximum atomic E-state index is 13.2. The molecule has 2 saturated carbocycles. The molecule has 0 aliphatic heterocycles. The highest BCUT2D eigenvalue weighted by Crippen LogP contribution is 2.47. The highest BCUT2D eigenvalue weighted by atomic mass is 19.4. The van der Waals surface area contributed by atoms with E-state index in [-0.39, 0.29) is 36.7 Å². The molecule has 0 bridgehead atoms. The number of hydrogen-bond donors (Lipinski definition) is 1. The van der Waals surface area contributed by atoms with Crippen LogP contribution in [0.3, 0.4) is 0 Å². The maximum Gasteiger partial charge on any atom is 0.434 e. The second-order valence-electron chi connectivity index (χ2n) is 21.6. The normalized spacial score (nSPS) is 13.4. The van der Waals surface area contributed by atoms with Crippen LogP contribution in [0.25, 0.3) is 68.1 Å². The zero-order chi connectivity index (χ0) is 61.4. The number of alkyl halides is 6. The monoisotopic (exact) mass is 1190 g/mol. The lowest BCUT2D eigenvalue weighted by molar-refractivity contribution is -0.141. The Hall–Kier alpha value is -10.0. The Morgan fingerprint density at radius 2 is 1.06 bits per heavy atom. The largest absolute Gasteiger partial charge is 0.480 e. The van der Waals surface area contributed by atoms with E-state index in [0.29, 0.717) is 79.8 Å². The second kappa shape index (κ2) is 23.8. The number of halogens is 6. The van der Waals surface area contributed by atoms with Gasteiger partial charge < -0.3 is 37.8 Å². The smallest absolute Gasteiger partial charge is 0.434 e. The van der Waals surface area contributed by atoms with Gasteiger partial charge in [-0.05, 0) is 81.8 Å². The van der Waals surface area contributed by atoms with Crippen molar-refractivity contribution in [1.82, 2.24) is 68.5 Å². The van der Waals surface area contributed by atoms with E-state index in [1.807, 2.05) is 12.1 Å². The number of nitrogens with zero attached hydrogens (tertiary/aromatic N) is 13. The highest BCUT2D eigenvalue weighted by Gasteiger charge is 2.37. The van der Waals surface area contributed by atoms with Gasteiger partial charge in [0.05, 0.1) is 48.1 Å². The molecule has 26 heteroatoms. The Bertz CT molecular complexity index is 4090. The molecule has 2 aliphatic rings. The van der Waals surface area contributed by atoms with Crippen molar-refractivity contribution in [2.45, 2.75) is 89.5 Å². The first-order valence-corrected chi connectivity index (χ1v) is 27.4.